The second kappa shape index (κ2) is 6.06. The molecule has 0 saturated carbocycles. The Hall–Kier alpha value is -1.19. The summed E-state index contributed by atoms with van der Waals surface area (Å²) in [5.74, 6) is 0. The molecule has 0 atom stereocenters. The maximum absolute atomic E-state index is 12.2. The van der Waals surface area contributed by atoms with Crippen molar-refractivity contribution in [3.05, 3.63) is 16.2 Å². The van der Waals surface area contributed by atoms with Crippen LogP contribution in [0.4, 0.5) is 10.7 Å². The molecule has 2 N–H and O–H groups in total. The molecule has 0 aliphatic heterocycles. The van der Waals surface area contributed by atoms with E-state index in [9.17, 15) is 18.5 Å². The van der Waals surface area contributed by atoms with Gasteiger partial charge in [-0.2, -0.15) is 0 Å². The molecular weight excluding hydrogens is 302 g/mol. The first kappa shape index (κ1) is 16.9. The van der Waals surface area contributed by atoms with Gasteiger partial charge >= 0.3 is 5.69 Å². The summed E-state index contributed by atoms with van der Waals surface area (Å²) in [5.41, 5.74) is -0.855. The fraction of sp³-hybridized carbons (Fsp3) is 0.636. The van der Waals surface area contributed by atoms with Crippen molar-refractivity contribution in [1.29, 1.82) is 0 Å². The van der Waals surface area contributed by atoms with Gasteiger partial charge in [-0.05, 0) is 27.2 Å². The van der Waals surface area contributed by atoms with E-state index in [-0.39, 0.29) is 14.9 Å². The van der Waals surface area contributed by atoms with Gasteiger partial charge in [-0.15, -0.1) is 0 Å². The molecule has 9 heteroatoms. The van der Waals surface area contributed by atoms with Crippen molar-refractivity contribution in [3.63, 3.8) is 0 Å². The van der Waals surface area contributed by atoms with Crippen LogP contribution in [0.2, 0.25) is 0 Å². The van der Waals surface area contributed by atoms with Gasteiger partial charge < -0.3 is 5.32 Å². The number of nitrogens with zero attached hydrogens (tertiary/aromatic N) is 1. The third-order valence-corrected chi connectivity index (χ3v) is 5.44. The van der Waals surface area contributed by atoms with Crippen molar-refractivity contribution >= 4 is 32.0 Å². The monoisotopic (exact) mass is 321 g/mol. The highest BCUT2D eigenvalue weighted by molar-refractivity contribution is 7.91. The Kier molecular flexibility index (Phi) is 5.11. The highest BCUT2D eigenvalue weighted by Gasteiger charge is 2.28. The van der Waals surface area contributed by atoms with E-state index in [4.69, 9.17) is 0 Å². The van der Waals surface area contributed by atoms with E-state index in [0.717, 1.165) is 23.8 Å². The number of thiophene rings is 1. The molecule has 0 aliphatic carbocycles. The first-order valence-corrected chi connectivity index (χ1v) is 8.43. The second-order valence-electron chi connectivity index (χ2n) is 5.32. The van der Waals surface area contributed by atoms with Crippen LogP contribution in [0, 0.1) is 10.1 Å². The minimum Gasteiger partial charge on any atom is -0.371 e. The molecule has 20 heavy (non-hydrogen) atoms. The third kappa shape index (κ3) is 4.43. The van der Waals surface area contributed by atoms with E-state index in [1.807, 2.05) is 6.92 Å². The molecule has 0 fully saturated rings. The summed E-state index contributed by atoms with van der Waals surface area (Å²) in [4.78, 5) is 10.4. The number of nitro groups is 1. The van der Waals surface area contributed by atoms with Gasteiger partial charge in [0.25, 0.3) is 10.0 Å². The van der Waals surface area contributed by atoms with E-state index in [0.29, 0.717) is 6.54 Å². The van der Waals surface area contributed by atoms with Crippen LogP contribution in [0.3, 0.4) is 0 Å². The second-order valence-corrected chi connectivity index (χ2v) is 8.28. The van der Waals surface area contributed by atoms with E-state index in [1.165, 1.54) is 0 Å². The zero-order chi connectivity index (χ0) is 15.6. The first-order chi connectivity index (χ1) is 9.07. The highest BCUT2D eigenvalue weighted by Crippen LogP contribution is 2.37. The summed E-state index contributed by atoms with van der Waals surface area (Å²) in [5, 5.41) is 14.1. The van der Waals surface area contributed by atoms with Crippen LogP contribution < -0.4 is 10.0 Å². The van der Waals surface area contributed by atoms with E-state index in [2.05, 4.69) is 10.0 Å². The molecule has 0 bridgehead atoms. The fourth-order valence-electron chi connectivity index (χ4n) is 1.45. The fourth-order valence-corrected chi connectivity index (χ4v) is 4.22. The van der Waals surface area contributed by atoms with Crippen LogP contribution in [0.25, 0.3) is 0 Å². The maximum Gasteiger partial charge on any atom is 0.304 e. The van der Waals surface area contributed by atoms with Crippen LogP contribution >= 0.6 is 11.3 Å². The van der Waals surface area contributed by atoms with E-state index in [1.54, 1.807) is 20.8 Å². The summed E-state index contributed by atoms with van der Waals surface area (Å²) >= 11 is 0.872. The molecule has 1 aromatic rings. The number of nitrogens with one attached hydrogen (secondary N) is 2. The van der Waals surface area contributed by atoms with Gasteiger partial charge in [0.15, 0.2) is 5.00 Å². The van der Waals surface area contributed by atoms with Crippen molar-refractivity contribution in [1.82, 2.24) is 4.72 Å². The van der Waals surface area contributed by atoms with Crippen molar-refractivity contribution in [2.45, 2.75) is 43.9 Å². The Morgan fingerprint density at radius 2 is 2.00 bits per heavy atom. The molecule has 0 radical (unpaired) electrons. The predicted molar refractivity (Wildman–Crippen MR) is 79.8 cm³/mol. The molecule has 114 valence electrons. The number of hydrogen-bond acceptors (Lipinski definition) is 6. The van der Waals surface area contributed by atoms with Crippen LogP contribution in [0.15, 0.2) is 10.3 Å². The van der Waals surface area contributed by atoms with Gasteiger partial charge in [0.05, 0.1) is 4.92 Å². The molecular formula is C11H19N3O4S2. The normalized spacial score (nSPS) is 12.4. The smallest absolute Gasteiger partial charge is 0.304 e. The number of anilines is 1. The van der Waals surface area contributed by atoms with Gasteiger partial charge in [-0.3, -0.25) is 10.1 Å². The molecule has 0 unspecified atom stereocenters. The van der Waals surface area contributed by atoms with Crippen molar-refractivity contribution in [2.75, 3.05) is 11.9 Å². The summed E-state index contributed by atoms with van der Waals surface area (Å²) < 4.78 is 26.7. The summed E-state index contributed by atoms with van der Waals surface area (Å²) in [6.07, 6.45) is 0.789. The molecule has 1 heterocycles. The molecule has 0 saturated heterocycles. The van der Waals surface area contributed by atoms with E-state index >= 15 is 0 Å². The van der Waals surface area contributed by atoms with Gasteiger partial charge in [0.1, 0.15) is 4.21 Å². The SMILES string of the molecule is CCCNc1sc(S(=O)(=O)NC(C)(C)C)cc1[N+](=O)[O-]. The molecule has 0 amide bonds. The Morgan fingerprint density at radius 3 is 2.45 bits per heavy atom. The average molecular weight is 321 g/mol. The topological polar surface area (TPSA) is 101 Å². The van der Waals surface area contributed by atoms with Crippen molar-refractivity contribution in [3.8, 4) is 0 Å². The molecule has 0 spiro atoms. The minimum atomic E-state index is -3.75. The number of hydrogen-bond donors (Lipinski definition) is 2. The number of sulfonamides is 1. The van der Waals surface area contributed by atoms with Crippen LogP contribution in [0.5, 0.6) is 0 Å². The highest BCUT2D eigenvalue weighted by atomic mass is 32.2. The molecule has 1 aromatic heterocycles. The van der Waals surface area contributed by atoms with Gasteiger partial charge in [-0.1, -0.05) is 18.3 Å². The zero-order valence-electron chi connectivity index (χ0n) is 11.9. The van der Waals surface area contributed by atoms with E-state index < -0.39 is 20.5 Å². The largest absolute Gasteiger partial charge is 0.371 e. The summed E-state index contributed by atoms with van der Waals surface area (Å²) in [6.45, 7) is 7.60. The molecule has 7 nitrogen and oxygen atoms in total. The summed E-state index contributed by atoms with van der Waals surface area (Å²) in [7, 11) is -3.75. The van der Waals surface area contributed by atoms with Gasteiger partial charge in [0.2, 0.25) is 0 Å². The molecule has 0 aliphatic rings. The number of rotatable bonds is 6. The lowest BCUT2D eigenvalue weighted by molar-refractivity contribution is -0.383. The Bertz CT molecular complexity index is 587. The Balaban J connectivity index is 3.17. The van der Waals surface area contributed by atoms with Crippen molar-refractivity contribution in [2.24, 2.45) is 0 Å². The Labute approximate surface area is 122 Å². The minimum absolute atomic E-state index is 0.0577. The molecule has 1 rings (SSSR count). The average Bonchev–Trinajstić information content (AvgIpc) is 2.67. The lowest BCUT2D eigenvalue weighted by Crippen LogP contribution is -2.40. The van der Waals surface area contributed by atoms with Crippen LogP contribution in [-0.2, 0) is 10.0 Å². The third-order valence-electron chi connectivity index (χ3n) is 2.13. The first-order valence-electron chi connectivity index (χ1n) is 6.13. The standard InChI is InChI=1S/C11H19N3O4S2/c1-5-6-12-10-8(14(15)16)7-9(19-10)20(17,18)13-11(2,3)4/h7,12-13H,5-6H2,1-4H3. The predicted octanol–water partition coefficient (Wildman–Crippen LogP) is 2.56. The maximum atomic E-state index is 12.2. The molecule has 0 aromatic carbocycles. The summed E-state index contributed by atoms with van der Waals surface area (Å²) in [6, 6.07) is 1.09. The quantitative estimate of drug-likeness (QED) is 0.619. The van der Waals surface area contributed by atoms with Crippen LogP contribution in [0.1, 0.15) is 34.1 Å². The van der Waals surface area contributed by atoms with Crippen LogP contribution in [-0.4, -0.2) is 25.4 Å². The zero-order valence-corrected chi connectivity index (χ0v) is 13.5. The Morgan fingerprint density at radius 1 is 1.40 bits per heavy atom. The van der Waals surface area contributed by atoms with Crippen molar-refractivity contribution < 1.29 is 13.3 Å². The van der Waals surface area contributed by atoms with Gasteiger partial charge in [0, 0.05) is 18.2 Å². The van der Waals surface area contributed by atoms with Gasteiger partial charge in [-0.25, -0.2) is 13.1 Å². The lowest BCUT2D eigenvalue weighted by Gasteiger charge is -2.19. The lowest BCUT2D eigenvalue weighted by atomic mass is 10.1.